The Morgan fingerprint density at radius 2 is 1.76 bits per heavy atom. The molecule has 0 aliphatic heterocycles. The third kappa shape index (κ3) is 4.55. The van der Waals surface area contributed by atoms with Crippen LogP contribution in [-0.4, -0.2) is 6.04 Å². The van der Waals surface area contributed by atoms with Gasteiger partial charge in [-0.15, -0.1) is 11.8 Å². The monoisotopic (exact) mass is 307 g/mol. The summed E-state index contributed by atoms with van der Waals surface area (Å²) in [7, 11) is 0. The van der Waals surface area contributed by atoms with Gasteiger partial charge in [0.1, 0.15) is 11.6 Å². The van der Waals surface area contributed by atoms with E-state index >= 15 is 0 Å². The first-order chi connectivity index (χ1) is 9.95. The zero-order valence-corrected chi connectivity index (χ0v) is 13.0. The molecule has 2 N–H and O–H groups in total. The first-order valence-electron chi connectivity index (χ1n) is 6.87. The highest BCUT2D eigenvalue weighted by Gasteiger charge is 2.13. The molecule has 2 rings (SSSR count). The van der Waals surface area contributed by atoms with E-state index in [0.717, 1.165) is 11.1 Å². The second kappa shape index (κ2) is 7.05. The Labute approximate surface area is 128 Å². The lowest BCUT2D eigenvalue weighted by Crippen LogP contribution is -2.18. The number of halogens is 2. The minimum Gasteiger partial charge on any atom is -0.328 e. The zero-order chi connectivity index (χ0) is 15.4. The van der Waals surface area contributed by atoms with Gasteiger partial charge in [0, 0.05) is 11.8 Å². The Hall–Kier alpha value is -1.39. The Bertz CT molecular complexity index is 603. The van der Waals surface area contributed by atoms with Crippen molar-refractivity contribution >= 4 is 11.8 Å². The molecule has 0 aliphatic rings. The predicted octanol–water partition coefficient (Wildman–Crippen LogP) is 4.46. The van der Waals surface area contributed by atoms with Crippen LogP contribution in [0.1, 0.15) is 23.6 Å². The summed E-state index contributed by atoms with van der Waals surface area (Å²) < 4.78 is 28.1. The largest absolute Gasteiger partial charge is 0.328 e. The number of hydrogen-bond donors (Lipinski definition) is 1. The Morgan fingerprint density at radius 3 is 2.33 bits per heavy atom. The third-order valence-electron chi connectivity index (χ3n) is 3.08. The van der Waals surface area contributed by atoms with Gasteiger partial charge in [-0.3, -0.25) is 0 Å². The van der Waals surface area contributed by atoms with Crippen molar-refractivity contribution in [2.75, 3.05) is 0 Å². The van der Waals surface area contributed by atoms with Crippen LogP contribution in [-0.2, 0) is 12.2 Å². The van der Waals surface area contributed by atoms with Gasteiger partial charge in [0.15, 0.2) is 0 Å². The highest BCUT2D eigenvalue weighted by atomic mass is 32.2. The van der Waals surface area contributed by atoms with Gasteiger partial charge < -0.3 is 5.73 Å². The summed E-state index contributed by atoms with van der Waals surface area (Å²) in [5, 5.41) is 0. The van der Waals surface area contributed by atoms with Crippen LogP contribution >= 0.6 is 11.8 Å². The van der Waals surface area contributed by atoms with Gasteiger partial charge in [0.2, 0.25) is 0 Å². The van der Waals surface area contributed by atoms with Crippen LogP contribution in [0.15, 0.2) is 41.3 Å². The molecule has 0 heterocycles. The van der Waals surface area contributed by atoms with Gasteiger partial charge in [-0.2, -0.15) is 0 Å². The molecule has 1 atom stereocenters. The topological polar surface area (TPSA) is 26.0 Å². The van der Waals surface area contributed by atoms with Crippen molar-refractivity contribution in [3.63, 3.8) is 0 Å². The van der Waals surface area contributed by atoms with E-state index < -0.39 is 11.6 Å². The van der Waals surface area contributed by atoms with Gasteiger partial charge in [-0.05, 0) is 43.5 Å². The third-order valence-corrected chi connectivity index (χ3v) is 4.24. The van der Waals surface area contributed by atoms with Crippen molar-refractivity contribution in [3.05, 3.63) is 64.7 Å². The van der Waals surface area contributed by atoms with Crippen molar-refractivity contribution in [2.24, 2.45) is 5.73 Å². The molecule has 112 valence electrons. The van der Waals surface area contributed by atoms with Crippen molar-refractivity contribution < 1.29 is 8.78 Å². The molecule has 0 radical (unpaired) electrons. The molecule has 2 aromatic carbocycles. The highest BCUT2D eigenvalue weighted by molar-refractivity contribution is 7.98. The summed E-state index contributed by atoms with van der Waals surface area (Å²) in [5.41, 5.74) is 8.45. The van der Waals surface area contributed by atoms with Gasteiger partial charge >= 0.3 is 0 Å². The molecular formula is C17H19F2NS. The molecule has 0 aromatic heterocycles. The van der Waals surface area contributed by atoms with E-state index in [1.807, 2.05) is 38.1 Å². The molecule has 0 aliphatic carbocycles. The van der Waals surface area contributed by atoms with Crippen molar-refractivity contribution in [1.82, 2.24) is 0 Å². The normalized spacial score (nSPS) is 12.4. The summed E-state index contributed by atoms with van der Waals surface area (Å²) >= 11 is 1.18. The fourth-order valence-corrected chi connectivity index (χ4v) is 3.08. The van der Waals surface area contributed by atoms with Crippen LogP contribution in [0.2, 0.25) is 0 Å². The maximum Gasteiger partial charge on any atom is 0.140 e. The maximum atomic E-state index is 14.0. The quantitative estimate of drug-likeness (QED) is 0.826. The highest BCUT2D eigenvalue weighted by Crippen LogP contribution is 2.29. The van der Waals surface area contributed by atoms with Crippen LogP contribution < -0.4 is 5.73 Å². The molecule has 2 aromatic rings. The predicted molar refractivity (Wildman–Crippen MR) is 84.5 cm³/mol. The molecule has 4 heteroatoms. The summed E-state index contributed by atoms with van der Waals surface area (Å²) in [6, 6.07) is 10.6. The molecule has 1 unspecified atom stereocenters. The number of hydrogen-bond acceptors (Lipinski definition) is 2. The Balaban J connectivity index is 2.13. The van der Waals surface area contributed by atoms with Gasteiger partial charge in [0.25, 0.3) is 0 Å². The fourth-order valence-electron chi connectivity index (χ4n) is 2.20. The SMILES string of the molecule is Cc1cccc(CSc2c(F)cc(CC(C)N)cc2F)c1. The molecular weight excluding hydrogens is 288 g/mol. The second-order valence-corrected chi connectivity index (χ2v) is 6.33. The lowest BCUT2D eigenvalue weighted by molar-refractivity contribution is 0.535. The number of rotatable bonds is 5. The average Bonchev–Trinajstić information content (AvgIpc) is 2.37. The lowest BCUT2D eigenvalue weighted by Gasteiger charge is -2.10. The standard InChI is InChI=1S/C17H19F2NS/c1-11-4-3-5-13(6-11)10-21-17-15(18)8-14(7-12(2)20)9-16(17)19/h3-6,8-9,12H,7,10,20H2,1-2H3. The van der Waals surface area contributed by atoms with Crippen LogP contribution in [0.5, 0.6) is 0 Å². The van der Waals surface area contributed by atoms with Crippen molar-refractivity contribution in [2.45, 2.75) is 37.0 Å². The van der Waals surface area contributed by atoms with Gasteiger partial charge in [-0.25, -0.2) is 8.78 Å². The van der Waals surface area contributed by atoms with E-state index in [1.54, 1.807) is 0 Å². The van der Waals surface area contributed by atoms with Crippen molar-refractivity contribution in [1.29, 1.82) is 0 Å². The summed E-state index contributed by atoms with van der Waals surface area (Å²) in [6.45, 7) is 3.81. The van der Waals surface area contributed by atoms with Crippen LogP contribution in [0.3, 0.4) is 0 Å². The molecule has 1 nitrogen and oxygen atoms in total. The van der Waals surface area contributed by atoms with Crippen LogP contribution in [0.25, 0.3) is 0 Å². The molecule has 0 amide bonds. The van der Waals surface area contributed by atoms with Crippen molar-refractivity contribution in [3.8, 4) is 0 Å². The minimum absolute atomic E-state index is 0.0740. The van der Waals surface area contributed by atoms with E-state index in [4.69, 9.17) is 5.73 Å². The summed E-state index contributed by atoms with van der Waals surface area (Å²) in [6.07, 6.45) is 0.469. The Kier molecular flexibility index (Phi) is 5.37. The molecule has 21 heavy (non-hydrogen) atoms. The fraction of sp³-hybridized carbons (Fsp3) is 0.294. The number of benzene rings is 2. The minimum atomic E-state index is -0.511. The zero-order valence-electron chi connectivity index (χ0n) is 12.2. The second-order valence-electron chi connectivity index (χ2n) is 5.35. The smallest absolute Gasteiger partial charge is 0.140 e. The van der Waals surface area contributed by atoms with Gasteiger partial charge in [0.05, 0.1) is 4.90 Å². The lowest BCUT2D eigenvalue weighted by atomic mass is 10.1. The van der Waals surface area contributed by atoms with E-state index in [-0.39, 0.29) is 10.9 Å². The van der Waals surface area contributed by atoms with E-state index in [9.17, 15) is 8.78 Å². The summed E-state index contributed by atoms with van der Waals surface area (Å²) in [5.74, 6) is -0.478. The molecule has 0 spiro atoms. The van der Waals surface area contributed by atoms with Crippen LogP contribution in [0.4, 0.5) is 8.78 Å². The maximum absolute atomic E-state index is 14.0. The number of thioether (sulfide) groups is 1. The first kappa shape index (κ1) is 16.0. The van der Waals surface area contributed by atoms with E-state index in [2.05, 4.69) is 0 Å². The molecule has 0 bridgehead atoms. The molecule has 0 fully saturated rings. The molecule has 0 saturated carbocycles. The van der Waals surface area contributed by atoms with Crippen LogP contribution in [0, 0.1) is 18.6 Å². The first-order valence-corrected chi connectivity index (χ1v) is 7.86. The summed E-state index contributed by atoms with van der Waals surface area (Å²) in [4.78, 5) is 0.0740. The number of nitrogens with two attached hydrogens (primary N) is 1. The average molecular weight is 307 g/mol. The molecule has 0 saturated heterocycles. The number of aryl methyl sites for hydroxylation is 1. The van der Waals surface area contributed by atoms with Gasteiger partial charge in [-0.1, -0.05) is 29.8 Å². The Morgan fingerprint density at radius 1 is 1.10 bits per heavy atom. The van der Waals surface area contributed by atoms with E-state index in [0.29, 0.717) is 17.7 Å². The van der Waals surface area contributed by atoms with E-state index in [1.165, 1.54) is 23.9 Å².